The molecule has 140 valence electrons. The average molecular weight is 384 g/mol. The van der Waals surface area contributed by atoms with E-state index in [0.717, 1.165) is 17.8 Å². The highest BCUT2D eigenvalue weighted by molar-refractivity contribution is 7.88. The van der Waals surface area contributed by atoms with Crippen molar-refractivity contribution in [2.75, 3.05) is 12.8 Å². The Labute approximate surface area is 149 Å². The van der Waals surface area contributed by atoms with E-state index in [1.165, 1.54) is 16.6 Å². The first kappa shape index (κ1) is 18.5. The van der Waals surface area contributed by atoms with E-state index in [2.05, 4.69) is 10.4 Å². The number of halogens is 2. The van der Waals surface area contributed by atoms with Gasteiger partial charge in [-0.05, 0) is 30.7 Å². The zero-order chi connectivity index (χ0) is 18.9. The van der Waals surface area contributed by atoms with Gasteiger partial charge in [-0.1, -0.05) is 0 Å². The molecule has 7 nitrogen and oxygen atoms in total. The molecule has 3 rings (SSSR count). The number of hydrogen-bond acceptors (Lipinski definition) is 4. The molecule has 1 aliphatic rings. The van der Waals surface area contributed by atoms with Crippen LogP contribution in [0.3, 0.4) is 0 Å². The number of rotatable bonds is 4. The number of aromatic nitrogens is 2. The minimum atomic E-state index is -3.30. The molecule has 1 aliphatic heterocycles. The Balaban J connectivity index is 1.68. The summed E-state index contributed by atoms with van der Waals surface area (Å²) in [4.78, 5) is 12.0. The Morgan fingerprint density at radius 2 is 2.00 bits per heavy atom. The van der Waals surface area contributed by atoms with Gasteiger partial charge >= 0.3 is 0 Å². The highest BCUT2D eigenvalue weighted by Crippen LogP contribution is 2.16. The highest BCUT2D eigenvalue weighted by atomic mass is 32.2. The Morgan fingerprint density at radius 1 is 1.23 bits per heavy atom. The summed E-state index contributed by atoms with van der Waals surface area (Å²) in [6, 6.07) is 4.65. The average Bonchev–Trinajstić information content (AvgIpc) is 2.84. The quantitative estimate of drug-likeness (QED) is 0.860. The van der Waals surface area contributed by atoms with Crippen molar-refractivity contribution in [3.63, 3.8) is 0 Å². The molecule has 0 unspecified atom stereocenters. The molecule has 1 aromatic heterocycles. The molecule has 0 radical (unpaired) electrons. The zero-order valence-electron chi connectivity index (χ0n) is 14.1. The van der Waals surface area contributed by atoms with Crippen molar-refractivity contribution in [3.8, 4) is 0 Å². The van der Waals surface area contributed by atoms with Gasteiger partial charge < -0.3 is 5.32 Å². The van der Waals surface area contributed by atoms with Crippen LogP contribution in [0.25, 0.3) is 0 Å². The molecule has 0 saturated heterocycles. The smallest absolute Gasteiger partial charge is 0.251 e. The third-order valence-corrected chi connectivity index (χ3v) is 5.36. The lowest BCUT2D eigenvalue weighted by atomic mass is 10.2. The number of fused-ring (bicyclic) bond motifs is 1. The van der Waals surface area contributed by atoms with Gasteiger partial charge in [-0.15, -0.1) is 0 Å². The van der Waals surface area contributed by atoms with Gasteiger partial charge in [0.05, 0.1) is 30.7 Å². The maximum absolute atomic E-state index is 13.2. The lowest BCUT2D eigenvalue weighted by Crippen LogP contribution is -2.29. The maximum Gasteiger partial charge on any atom is 0.251 e. The highest BCUT2D eigenvalue weighted by Gasteiger charge is 2.22. The molecule has 1 aromatic carbocycles. The molecule has 0 aliphatic carbocycles. The van der Waals surface area contributed by atoms with E-state index < -0.39 is 27.6 Å². The molecule has 26 heavy (non-hydrogen) atoms. The molecule has 1 N–H and O–H groups in total. The van der Waals surface area contributed by atoms with Crippen LogP contribution in [0.1, 0.15) is 28.2 Å². The molecule has 0 bridgehead atoms. The maximum atomic E-state index is 13.2. The number of nitrogens with zero attached hydrogens (tertiary/aromatic N) is 3. The molecule has 0 spiro atoms. The number of hydrogen-bond donors (Lipinski definition) is 1. The van der Waals surface area contributed by atoms with Crippen molar-refractivity contribution in [1.82, 2.24) is 19.4 Å². The molecule has 2 heterocycles. The molecular formula is C16H18F2N4O3S. The van der Waals surface area contributed by atoms with E-state index in [0.29, 0.717) is 25.2 Å². The number of carbonyl (C=O) groups is 1. The van der Waals surface area contributed by atoms with Gasteiger partial charge in [0.2, 0.25) is 10.0 Å². The fourth-order valence-corrected chi connectivity index (χ4v) is 3.60. The first-order chi connectivity index (χ1) is 12.2. The van der Waals surface area contributed by atoms with Gasteiger partial charge in [0.25, 0.3) is 5.91 Å². The van der Waals surface area contributed by atoms with Crippen molar-refractivity contribution in [3.05, 3.63) is 52.9 Å². The molecule has 0 fully saturated rings. The predicted octanol–water partition coefficient (Wildman–Crippen LogP) is 1.26. The van der Waals surface area contributed by atoms with Crippen LogP contribution in [0.5, 0.6) is 0 Å². The second-order valence-electron chi connectivity index (χ2n) is 6.11. The Morgan fingerprint density at radius 3 is 2.69 bits per heavy atom. The van der Waals surface area contributed by atoms with Crippen LogP contribution in [0.4, 0.5) is 8.78 Å². The lowest BCUT2D eigenvalue weighted by molar-refractivity contribution is 0.0949. The summed E-state index contributed by atoms with van der Waals surface area (Å²) >= 11 is 0. The van der Waals surface area contributed by atoms with Gasteiger partial charge in [0, 0.05) is 18.7 Å². The SMILES string of the molecule is CS(=O)(=O)N1CCCn2nc(CNC(=O)c3ccc(F)c(F)c3)cc2C1. The Kier molecular flexibility index (Phi) is 5.05. The normalized spacial score (nSPS) is 15.3. The van der Waals surface area contributed by atoms with Gasteiger partial charge in [0.15, 0.2) is 11.6 Å². The minimum absolute atomic E-state index is 0.00734. The summed E-state index contributed by atoms with van der Waals surface area (Å²) in [6.07, 6.45) is 1.81. The standard InChI is InChI=1S/C16H18F2N4O3S/c1-26(24,25)21-5-2-6-22-13(10-21)8-12(20-22)9-19-16(23)11-3-4-14(17)15(18)7-11/h3-4,7-8H,2,5-6,9-10H2,1H3,(H,19,23). The van der Waals surface area contributed by atoms with Crippen molar-refractivity contribution < 1.29 is 22.0 Å². The zero-order valence-corrected chi connectivity index (χ0v) is 14.9. The van der Waals surface area contributed by atoms with Crippen LogP contribution < -0.4 is 5.32 Å². The number of benzene rings is 1. The number of sulfonamides is 1. The number of carbonyl (C=O) groups excluding carboxylic acids is 1. The molecule has 0 saturated carbocycles. The summed E-state index contributed by atoms with van der Waals surface area (Å²) in [7, 11) is -3.30. The number of amides is 1. The van der Waals surface area contributed by atoms with Gasteiger partial charge in [-0.2, -0.15) is 9.40 Å². The van der Waals surface area contributed by atoms with E-state index in [-0.39, 0.29) is 18.7 Å². The largest absolute Gasteiger partial charge is 0.346 e. The van der Waals surface area contributed by atoms with E-state index >= 15 is 0 Å². The number of aryl methyl sites for hydroxylation is 1. The van der Waals surface area contributed by atoms with Crippen LogP contribution >= 0.6 is 0 Å². The summed E-state index contributed by atoms with van der Waals surface area (Å²) in [5, 5.41) is 6.96. The van der Waals surface area contributed by atoms with Crippen molar-refractivity contribution >= 4 is 15.9 Å². The minimum Gasteiger partial charge on any atom is -0.346 e. The lowest BCUT2D eigenvalue weighted by Gasteiger charge is -2.16. The van der Waals surface area contributed by atoms with Gasteiger partial charge in [0.1, 0.15) is 0 Å². The fraction of sp³-hybridized carbons (Fsp3) is 0.375. The molecule has 0 atom stereocenters. The Hall–Kier alpha value is -2.33. The van der Waals surface area contributed by atoms with E-state index in [1.54, 1.807) is 10.7 Å². The molecule has 10 heteroatoms. The van der Waals surface area contributed by atoms with E-state index in [9.17, 15) is 22.0 Å². The van der Waals surface area contributed by atoms with Crippen LogP contribution in [0.15, 0.2) is 24.3 Å². The van der Waals surface area contributed by atoms with Crippen LogP contribution in [0, 0.1) is 11.6 Å². The molecule has 2 aromatic rings. The summed E-state index contributed by atoms with van der Waals surface area (Å²) in [6.45, 7) is 1.34. The third kappa shape index (κ3) is 4.07. The summed E-state index contributed by atoms with van der Waals surface area (Å²) in [5.41, 5.74) is 1.31. The molecular weight excluding hydrogens is 366 g/mol. The van der Waals surface area contributed by atoms with Crippen LogP contribution in [0.2, 0.25) is 0 Å². The predicted molar refractivity (Wildman–Crippen MR) is 89.6 cm³/mol. The second kappa shape index (κ2) is 7.12. The number of nitrogens with one attached hydrogen (secondary N) is 1. The Bertz CT molecular complexity index is 943. The summed E-state index contributed by atoms with van der Waals surface area (Å²) in [5.74, 6) is -2.66. The van der Waals surface area contributed by atoms with E-state index in [1.807, 2.05) is 0 Å². The molecule has 1 amide bonds. The van der Waals surface area contributed by atoms with Gasteiger partial charge in [-0.25, -0.2) is 17.2 Å². The summed E-state index contributed by atoms with van der Waals surface area (Å²) < 4.78 is 52.8. The van der Waals surface area contributed by atoms with Crippen LogP contribution in [-0.4, -0.2) is 41.2 Å². The first-order valence-electron chi connectivity index (χ1n) is 7.98. The fourth-order valence-electron chi connectivity index (χ4n) is 2.77. The van der Waals surface area contributed by atoms with Gasteiger partial charge in [-0.3, -0.25) is 9.48 Å². The van der Waals surface area contributed by atoms with Crippen molar-refractivity contribution in [2.24, 2.45) is 0 Å². The topological polar surface area (TPSA) is 84.3 Å². The van der Waals surface area contributed by atoms with Crippen molar-refractivity contribution in [2.45, 2.75) is 26.1 Å². The first-order valence-corrected chi connectivity index (χ1v) is 9.83. The second-order valence-corrected chi connectivity index (χ2v) is 8.09. The van der Waals surface area contributed by atoms with Crippen molar-refractivity contribution in [1.29, 1.82) is 0 Å². The van der Waals surface area contributed by atoms with Crippen LogP contribution in [-0.2, 0) is 29.7 Å². The third-order valence-electron chi connectivity index (χ3n) is 4.11. The van der Waals surface area contributed by atoms with E-state index in [4.69, 9.17) is 0 Å². The monoisotopic (exact) mass is 384 g/mol.